The Morgan fingerprint density at radius 1 is 1.27 bits per heavy atom. The van der Waals surface area contributed by atoms with Gasteiger partial charge in [-0.1, -0.05) is 20.8 Å². The Morgan fingerprint density at radius 2 is 1.64 bits per heavy atom. The molecular formula is C8H20BrNO. The topological polar surface area (TPSA) is 46.2 Å². The molecule has 0 aromatic carbocycles. The summed E-state index contributed by atoms with van der Waals surface area (Å²) in [6, 6.07) is 0. The maximum Gasteiger partial charge on any atom is 0.116 e. The number of nitrogens with two attached hydrogens (primary N) is 1. The molecule has 0 aliphatic rings. The first kappa shape index (κ1) is 14.0. The summed E-state index contributed by atoms with van der Waals surface area (Å²) in [5.41, 5.74) is 4.70. The van der Waals surface area contributed by atoms with Crippen LogP contribution in [0.3, 0.4) is 0 Å². The van der Waals surface area contributed by atoms with E-state index in [1.54, 1.807) is 0 Å². The molecule has 11 heavy (non-hydrogen) atoms. The molecule has 1 atom stereocenters. The molecule has 0 rings (SSSR count). The quantitative estimate of drug-likeness (QED) is 0.720. The van der Waals surface area contributed by atoms with Crippen molar-refractivity contribution >= 4 is 17.0 Å². The Hall–Kier alpha value is 0.400. The van der Waals surface area contributed by atoms with E-state index in [0.717, 1.165) is 12.8 Å². The van der Waals surface area contributed by atoms with Crippen molar-refractivity contribution in [1.29, 1.82) is 0 Å². The summed E-state index contributed by atoms with van der Waals surface area (Å²) in [5.74, 6) is 0.248. The number of rotatable bonds is 4. The van der Waals surface area contributed by atoms with Gasteiger partial charge in [0.1, 0.15) is 5.72 Å². The van der Waals surface area contributed by atoms with E-state index in [2.05, 4.69) is 13.8 Å². The van der Waals surface area contributed by atoms with Gasteiger partial charge in [-0.2, -0.15) is 0 Å². The minimum Gasteiger partial charge on any atom is -0.376 e. The molecule has 0 heterocycles. The van der Waals surface area contributed by atoms with Gasteiger partial charge in [0.05, 0.1) is 0 Å². The van der Waals surface area contributed by atoms with E-state index in [9.17, 15) is 5.11 Å². The third-order valence-corrected chi connectivity index (χ3v) is 2.26. The first-order chi connectivity index (χ1) is 4.58. The van der Waals surface area contributed by atoms with Crippen LogP contribution in [0.25, 0.3) is 0 Å². The summed E-state index contributed by atoms with van der Waals surface area (Å²) in [7, 11) is 0. The van der Waals surface area contributed by atoms with E-state index in [-0.39, 0.29) is 22.9 Å². The second kappa shape index (κ2) is 5.98. The fraction of sp³-hybridized carbons (Fsp3) is 1.00. The largest absolute Gasteiger partial charge is 0.376 e. The molecule has 0 aromatic heterocycles. The average molecular weight is 226 g/mol. The van der Waals surface area contributed by atoms with Crippen molar-refractivity contribution in [3.05, 3.63) is 0 Å². The van der Waals surface area contributed by atoms with E-state index in [1.807, 2.05) is 6.92 Å². The number of aliphatic hydroxyl groups is 1. The lowest BCUT2D eigenvalue weighted by Crippen LogP contribution is -2.46. The number of hydrogen-bond donors (Lipinski definition) is 2. The van der Waals surface area contributed by atoms with Gasteiger partial charge in [-0.25, -0.2) is 0 Å². The summed E-state index contributed by atoms with van der Waals surface area (Å²) < 4.78 is 0. The summed E-state index contributed by atoms with van der Waals surface area (Å²) in [5, 5.41) is 9.56. The Kier molecular flexibility index (Phi) is 7.58. The molecule has 1 unspecified atom stereocenters. The summed E-state index contributed by atoms with van der Waals surface area (Å²) >= 11 is 0. The predicted molar refractivity (Wildman–Crippen MR) is 53.8 cm³/mol. The van der Waals surface area contributed by atoms with Crippen molar-refractivity contribution in [3.8, 4) is 0 Å². The Balaban J connectivity index is 0. The number of hydrogen-bond acceptors (Lipinski definition) is 2. The molecule has 0 aliphatic carbocycles. The highest BCUT2D eigenvalue weighted by atomic mass is 79.9. The highest BCUT2D eigenvalue weighted by Gasteiger charge is 2.27. The molecule has 0 fully saturated rings. The zero-order valence-corrected chi connectivity index (χ0v) is 9.34. The molecule has 2 nitrogen and oxygen atoms in total. The van der Waals surface area contributed by atoms with Crippen LogP contribution in [0.15, 0.2) is 0 Å². The van der Waals surface area contributed by atoms with E-state index in [4.69, 9.17) is 5.73 Å². The van der Waals surface area contributed by atoms with Gasteiger partial charge in [0.15, 0.2) is 0 Å². The molecule has 0 radical (unpaired) electrons. The molecule has 0 aliphatic heterocycles. The first-order valence-corrected chi connectivity index (χ1v) is 4.09. The first-order valence-electron chi connectivity index (χ1n) is 4.09. The van der Waals surface area contributed by atoms with Gasteiger partial charge in [0.25, 0.3) is 0 Å². The normalized spacial score (nSPS) is 15.8. The van der Waals surface area contributed by atoms with Gasteiger partial charge in [0.2, 0.25) is 0 Å². The molecule has 0 aromatic rings. The molecule has 3 heteroatoms. The van der Waals surface area contributed by atoms with Crippen LogP contribution in [0.5, 0.6) is 0 Å². The molecule has 0 saturated carbocycles. The fourth-order valence-electron chi connectivity index (χ4n) is 1.28. The lowest BCUT2D eigenvalue weighted by atomic mass is 9.89. The Bertz CT molecular complexity index is 92.1. The van der Waals surface area contributed by atoms with Crippen LogP contribution in [0, 0.1) is 5.92 Å². The van der Waals surface area contributed by atoms with Crippen molar-refractivity contribution in [2.24, 2.45) is 11.7 Å². The molecule has 0 saturated heterocycles. The minimum absolute atomic E-state index is 0. The molecule has 0 spiro atoms. The van der Waals surface area contributed by atoms with Crippen LogP contribution in [0.4, 0.5) is 0 Å². The Morgan fingerprint density at radius 3 is 1.73 bits per heavy atom. The maximum absolute atomic E-state index is 9.56. The van der Waals surface area contributed by atoms with Crippen LogP contribution in [-0.2, 0) is 0 Å². The second-order valence-corrected chi connectivity index (χ2v) is 2.86. The third kappa shape index (κ3) is 4.09. The Labute approximate surface area is 79.9 Å². The van der Waals surface area contributed by atoms with Crippen LogP contribution in [-0.4, -0.2) is 10.8 Å². The number of halogens is 1. The van der Waals surface area contributed by atoms with Gasteiger partial charge >= 0.3 is 0 Å². The smallest absolute Gasteiger partial charge is 0.116 e. The average Bonchev–Trinajstić information content (AvgIpc) is 1.90. The van der Waals surface area contributed by atoms with Crippen molar-refractivity contribution in [1.82, 2.24) is 0 Å². The third-order valence-electron chi connectivity index (χ3n) is 2.26. The van der Waals surface area contributed by atoms with Gasteiger partial charge in [-0.3, -0.25) is 0 Å². The van der Waals surface area contributed by atoms with Gasteiger partial charge < -0.3 is 10.8 Å². The zero-order chi connectivity index (χ0) is 8.20. The lowest BCUT2D eigenvalue weighted by molar-refractivity contribution is -0.0198. The molecule has 0 bridgehead atoms. The lowest BCUT2D eigenvalue weighted by Gasteiger charge is -2.29. The highest BCUT2D eigenvalue weighted by Crippen LogP contribution is 2.21. The van der Waals surface area contributed by atoms with Crippen molar-refractivity contribution in [2.75, 3.05) is 0 Å². The van der Waals surface area contributed by atoms with Crippen molar-refractivity contribution < 1.29 is 5.11 Å². The summed E-state index contributed by atoms with van der Waals surface area (Å²) in [6.07, 6.45) is 2.55. The minimum atomic E-state index is -0.941. The molecule has 0 amide bonds. The predicted octanol–water partition coefficient (Wildman–Crippen LogP) is 2.06. The second-order valence-electron chi connectivity index (χ2n) is 2.86. The summed E-state index contributed by atoms with van der Waals surface area (Å²) in [6.45, 7) is 6.03. The molecular weight excluding hydrogens is 206 g/mol. The highest BCUT2D eigenvalue weighted by molar-refractivity contribution is 8.93. The molecule has 70 valence electrons. The van der Waals surface area contributed by atoms with Crippen LogP contribution in [0.2, 0.25) is 0 Å². The van der Waals surface area contributed by atoms with Crippen LogP contribution < -0.4 is 5.73 Å². The van der Waals surface area contributed by atoms with Crippen molar-refractivity contribution in [2.45, 2.75) is 45.8 Å². The SMILES string of the molecule is Br.CCC(CC)C(N)(O)CC. The van der Waals surface area contributed by atoms with E-state index >= 15 is 0 Å². The van der Waals surface area contributed by atoms with Gasteiger partial charge in [-0.15, -0.1) is 17.0 Å². The fourth-order valence-corrected chi connectivity index (χ4v) is 1.28. The van der Waals surface area contributed by atoms with Crippen LogP contribution >= 0.6 is 17.0 Å². The maximum atomic E-state index is 9.56. The van der Waals surface area contributed by atoms with Crippen LogP contribution in [0.1, 0.15) is 40.0 Å². The van der Waals surface area contributed by atoms with E-state index in [0.29, 0.717) is 6.42 Å². The monoisotopic (exact) mass is 225 g/mol. The van der Waals surface area contributed by atoms with E-state index < -0.39 is 5.72 Å². The molecule has 3 N–H and O–H groups in total. The van der Waals surface area contributed by atoms with E-state index in [1.165, 1.54) is 0 Å². The van der Waals surface area contributed by atoms with Gasteiger partial charge in [0, 0.05) is 5.92 Å². The summed E-state index contributed by atoms with van der Waals surface area (Å²) in [4.78, 5) is 0. The van der Waals surface area contributed by atoms with Crippen molar-refractivity contribution in [3.63, 3.8) is 0 Å². The zero-order valence-electron chi connectivity index (χ0n) is 7.63. The van der Waals surface area contributed by atoms with Gasteiger partial charge in [-0.05, 0) is 19.3 Å². The standard InChI is InChI=1S/C8H19NO.BrH/c1-4-7(5-2)8(9,10)6-3;/h7,10H,4-6,9H2,1-3H3;1H.